The van der Waals surface area contributed by atoms with Crippen molar-refractivity contribution in [2.45, 2.75) is 15.1 Å². The number of thiazole rings is 1. The molecule has 1 heterocycles. The van der Waals surface area contributed by atoms with Gasteiger partial charge >= 0.3 is 0 Å². The Bertz CT molecular complexity index is 583. The van der Waals surface area contributed by atoms with Crippen molar-refractivity contribution in [3.8, 4) is 11.3 Å². The Kier molecular flexibility index (Phi) is 4.16. The molecule has 1 unspecified atom stereocenters. The smallest absolute Gasteiger partial charge is 0.150 e. The van der Waals surface area contributed by atoms with Crippen LogP contribution in [-0.4, -0.2) is 15.1 Å². The van der Waals surface area contributed by atoms with Crippen LogP contribution in [0.15, 0.2) is 38.5 Å². The first-order valence-electron chi connectivity index (χ1n) is 5.77. The predicted molar refractivity (Wildman–Crippen MR) is 88.5 cm³/mol. The molecule has 1 atom stereocenters. The minimum absolute atomic E-state index is 0.404. The molecule has 1 aromatic carbocycles. The molecule has 1 nitrogen and oxygen atoms in total. The third-order valence-corrected chi connectivity index (χ3v) is 6.62. The summed E-state index contributed by atoms with van der Waals surface area (Å²) in [6, 6.07) is 8.19. The average molecular weight is 395 g/mol. The van der Waals surface area contributed by atoms with Crippen LogP contribution < -0.4 is 0 Å². The number of aromatic nitrogens is 1. The molecule has 19 heavy (non-hydrogen) atoms. The fourth-order valence-corrected chi connectivity index (χ4v) is 4.76. The van der Waals surface area contributed by atoms with Crippen LogP contribution in [0.25, 0.3) is 11.3 Å². The third-order valence-electron chi connectivity index (χ3n) is 2.99. The summed E-state index contributed by atoms with van der Waals surface area (Å²) in [5.41, 5.74) is 2.17. The van der Waals surface area contributed by atoms with E-state index >= 15 is 0 Å². The van der Waals surface area contributed by atoms with Gasteiger partial charge in [0.2, 0.25) is 0 Å². The second kappa shape index (κ2) is 5.57. The number of rotatable bonds is 4. The van der Waals surface area contributed by atoms with Crippen molar-refractivity contribution in [3.05, 3.63) is 34.1 Å². The number of benzene rings is 1. The molecule has 1 fully saturated rings. The molecule has 0 aliphatic heterocycles. The SMILES string of the molecule is ClC1(Cl)CC1CSc1nc(-c2ccc(Br)cc2)cs1. The zero-order valence-corrected chi connectivity index (χ0v) is 14.5. The van der Waals surface area contributed by atoms with Gasteiger partial charge < -0.3 is 0 Å². The average Bonchev–Trinajstić information content (AvgIpc) is 2.79. The van der Waals surface area contributed by atoms with Crippen LogP contribution in [0.1, 0.15) is 6.42 Å². The highest BCUT2D eigenvalue weighted by molar-refractivity contribution is 9.10. The van der Waals surface area contributed by atoms with E-state index in [0.29, 0.717) is 5.92 Å². The summed E-state index contributed by atoms with van der Waals surface area (Å²) >= 11 is 18.9. The van der Waals surface area contributed by atoms with Crippen molar-refractivity contribution in [3.63, 3.8) is 0 Å². The molecule has 0 saturated heterocycles. The van der Waals surface area contributed by atoms with E-state index in [-0.39, 0.29) is 0 Å². The number of halogens is 3. The fraction of sp³-hybridized carbons (Fsp3) is 0.308. The molecule has 0 spiro atoms. The van der Waals surface area contributed by atoms with Crippen molar-refractivity contribution in [2.75, 3.05) is 5.75 Å². The topological polar surface area (TPSA) is 12.9 Å². The van der Waals surface area contributed by atoms with Crippen LogP contribution in [0, 0.1) is 5.92 Å². The molecule has 6 heteroatoms. The Morgan fingerprint density at radius 3 is 2.68 bits per heavy atom. The Morgan fingerprint density at radius 2 is 2.05 bits per heavy atom. The molecule has 0 N–H and O–H groups in total. The summed E-state index contributed by atoms with van der Waals surface area (Å²) in [5.74, 6) is 1.35. The molecule has 100 valence electrons. The van der Waals surface area contributed by atoms with Gasteiger partial charge in [0.25, 0.3) is 0 Å². The van der Waals surface area contributed by atoms with E-state index < -0.39 is 4.33 Å². The number of thioether (sulfide) groups is 1. The van der Waals surface area contributed by atoms with E-state index in [1.54, 1.807) is 23.1 Å². The van der Waals surface area contributed by atoms with E-state index in [9.17, 15) is 0 Å². The Hall–Kier alpha value is 0.260. The van der Waals surface area contributed by atoms with Gasteiger partial charge in [-0.25, -0.2) is 4.98 Å². The van der Waals surface area contributed by atoms with Crippen LogP contribution >= 0.6 is 62.2 Å². The van der Waals surface area contributed by atoms with Gasteiger partial charge in [0.15, 0.2) is 4.34 Å². The molecule has 0 bridgehead atoms. The molecule has 0 amide bonds. The van der Waals surface area contributed by atoms with Crippen molar-refractivity contribution < 1.29 is 0 Å². The molecule has 3 rings (SSSR count). The van der Waals surface area contributed by atoms with E-state index in [0.717, 1.165) is 32.2 Å². The lowest BCUT2D eigenvalue weighted by Crippen LogP contribution is -1.92. The Morgan fingerprint density at radius 1 is 1.37 bits per heavy atom. The highest BCUT2D eigenvalue weighted by atomic mass is 79.9. The monoisotopic (exact) mass is 393 g/mol. The number of nitrogens with zero attached hydrogens (tertiary/aromatic N) is 1. The van der Waals surface area contributed by atoms with Crippen LogP contribution in [0.4, 0.5) is 0 Å². The van der Waals surface area contributed by atoms with Crippen molar-refractivity contribution >= 4 is 62.2 Å². The van der Waals surface area contributed by atoms with Crippen LogP contribution in [-0.2, 0) is 0 Å². The van der Waals surface area contributed by atoms with Gasteiger partial charge in [-0.05, 0) is 18.6 Å². The number of hydrogen-bond acceptors (Lipinski definition) is 3. The van der Waals surface area contributed by atoms with Gasteiger partial charge in [0.05, 0.1) is 5.69 Å². The van der Waals surface area contributed by atoms with Gasteiger partial charge in [-0.2, -0.15) is 0 Å². The Labute approximate surface area is 138 Å². The van der Waals surface area contributed by atoms with Crippen LogP contribution in [0.2, 0.25) is 0 Å². The lowest BCUT2D eigenvalue weighted by Gasteiger charge is -1.98. The van der Waals surface area contributed by atoms with Crippen LogP contribution in [0.3, 0.4) is 0 Å². The summed E-state index contributed by atoms with van der Waals surface area (Å²) in [5, 5.41) is 2.09. The van der Waals surface area contributed by atoms with Gasteiger partial charge in [-0.1, -0.05) is 39.8 Å². The standard InChI is InChI=1S/C13H10BrCl2NS2/c14-10-3-1-8(2-4-10)11-7-19-12(17-11)18-6-9-5-13(9,15)16/h1-4,7,9H,5-6H2. The molecular formula is C13H10BrCl2NS2. The van der Waals surface area contributed by atoms with Gasteiger partial charge in [-0.15, -0.1) is 34.5 Å². The van der Waals surface area contributed by atoms with Crippen molar-refractivity contribution in [1.82, 2.24) is 4.98 Å². The highest BCUT2D eigenvalue weighted by Gasteiger charge is 2.51. The lowest BCUT2D eigenvalue weighted by molar-refractivity contribution is 0.978. The van der Waals surface area contributed by atoms with Crippen LogP contribution in [0.5, 0.6) is 0 Å². The molecule has 1 aliphatic carbocycles. The van der Waals surface area contributed by atoms with E-state index in [2.05, 4.69) is 38.4 Å². The van der Waals surface area contributed by atoms with Crippen molar-refractivity contribution in [2.24, 2.45) is 5.92 Å². The molecule has 0 radical (unpaired) electrons. The van der Waals surface area contributed by atoms with Gasteiger partial charge in [0.1, 0.15) is 4.33 Å². The molecular weight excluding hydrogens is 385 g/mol. The van der Waals surface area contributed by atoms with E-state index in [1.165, 1.54) is 0 Å². The summed E-state index contributed by atoms with van der Waals surface area (Å²) in [6.45, 7) is 0. The number of alkyl halides is 2. The molecule has 1 aromatic heterocycles. The molecule has 2 aromatic rings. The first-order chi connectivity index (χ1) is 9.04. The summed E-state index contributed by atoms with van der Waals surface area (Å²) in [6.07, 6.45) is 0.897. The first kappa shape index (κ1) is 14.2. The zero-order valence-electron chi connectivity index (χ0n) is 9.78. The molecule has 1 aliphatic rings. The second-order valence-electron chi connectivity index (χ2n) is 4.48. The first-order valence-corrected chi connectivity index (χ1v) is 9.18. The predicted octanol–water partition coefficient (Wildman–Crippen LogP) is 5.86. The van der Waals surface area contributed by atoms with E-state index in [1.807, 2.05) is 12.1 Å². The highest BCUT2D eigenvalue weighted by Crippen LogP contribution is 2.55. The normalized spacial score (nSPS) is 20.5. The molecule has 1 saturated carbocycles. The quantitative estimate of drug-likeness (QED) is 0.475. The van der Waals surface area contributed by atoms with E-state index in [4.69, 9.17) is 23.2 Å². The third kappa shape index (κ3) is 3.48. The Balaban J connectivity index is 1.64. The minimum Gasteiger partial charge on any atom is -0.230 e. The van der Waals surface area contributed by atoms with Gasteiger partial charge in [0, 0.05) is 27.1 Å². The summed E-state index contributed by atoms with van der Waals surface area (Å²) in [7, 11) is 0. The minimum atomic E-state index is -0.487. The number of hydrogen-bond donors (Lipinski definition) is 0. The maximum atomic E-state index is 6.02. The summed E-state index contributed by atoms with van der Waals surface area (Å²) in [4.78, 5) is 4.64. The maximum Gasteiger partial charge on any atom is 0.150 e. The summed E-state index contributed by atoms with van der Waals surface area (Å²) < 4.78 is 1.67. The largest absolute Gasteiger partial charge is 0.230 e. The lowest BCUT2D eigenvalue weighted by atomic mass is 10.2. The second-order valence-corrected chi connectivity index (χ2v) is 9.06. The zero-order chi connectivity index (χ0) is 13.5. The maximum absolute atomic E-state index is 6.02. The fourth-order valence-electron chi connectivity index (χ4n) is 1.70. The van der Waals surface area contributed by atoms with Gasteiger partial charge in [-0.3, -0.25) is 0 Å². The van der Waals surface area contributed by atoms with Crippen molar-refractivity contribution in [1.29, 1.82) is 0 Å².